The van der Waals surface area contributed by atoms with E-state index in [2.05, 4.69) is 23.4 Å². The minimum atomic E-state index is -2.82. The first-order valence-electron chi connectivity index (χ1n) is 12.2. The summed E-state index contributed by atoms with van der Waals surface area (Å²) in [7, 11) is 0. The number of carbonyl (C=O) groups excluding carboxylic acids is 3. The lowest BCUT2D eigenvalue weighted by Gasteiger charge is -2.50. The number of phenolic OH excluding ortho intramolecular Hbond substituents is 1. The molecule has 1 aromatic heterocycles. The smallest absolute Gasteiger partial charge is 0.255 e. The van der Waals surface area contributed by atoms with Gasteiger partial charge in [-0.15, -0.1) is 0 Å². The number of nitrogens with one attached hydrogen (secondary N) is 1. The van der Waals surface area contributed by atoms with Crippen LogP contribution in [-0.2, 0) is 20.8 Å². The molecular formula is C29H24N4O7. The number of amides is 1. The van der Waals surface area contributed by atoms with E-state index in [1.165, 1.54) is 6.07 Å². The Bertz CT molecular complexity index is 1620. The Morgan fingerprint density at radius 3 is 2.60 bits per heavy atom. The van der Waals surface area contributed by atoms with E-state index in [1.807, 2.05) is 0 Å². The van der Waals surface area contributed by atoms with Crippen LogP contribution in [0.25, 0.3) is 5.76 Å². The summed E-state index contributed by atoms with van der Waals surface area (Å²) in [6.07, 6.45) is 5.00. The molecule has 1 aromatic carbocycles. The molecular weight excluding hydrogens is 516 g/mol. The average Bonchev–Trinajstić information content (AvgIpc) is 2.93. The van der Waals surface area contributed by atoms with Gasteiger partial charge in [0.2, 0.25) is 5.78 Å². The van der Waals surface area contributed by atoms with Crippen LogP contribution in [0.5, 0.6) is 5.75 Å². The van der Waals surface area contributed by atoms with Crippen molar-refractivity contribution >= 4 is 29.6 Å². The van der Waals surface area contributed by atoms with Crippen molar-refractivity contribution in [3.8, 4) is 17.6 Å². The Morgan fingerprint density at radius 1 is 1.23 bits per heavy atom. The van der Waals surface area contributed by atoms with Gasteiger partial charge in [-0.3, -0.25) is 24.8 Å². The number of aliphatic hydroxyl groups excluding tert-OH is 2. The van der Waals surface area contributed by atoms with Crippen LogP contribution in [0.2, 0.25) is 0 Å². The number of aliphatic hydroxyl groups is 3. The highest BCUT2D eigenvalue weighted by Crippen LogP contribution is 2.53. The van der Waals surface area contributed by atoms with Crippen molar-refractivity contribution in [1.82, 2.24) is 9.88 Å². The van der Waals surface area contributed by atoms with Gasteiger partial charge in [-0.2, -0.15) is 0 Å². The van der Waals surface area contributed by atoms with E-state index in [0.29, 0.717) is 16.7 Å². The second kappa shape index (κ2) is 9.52. The second-order valence-corrected chi connectivity index (χ2v) is 9.73. The number of rotatable bonds is 4. The topological polar surface area (TPSA) is 198 Å². The molecule has 202 valence electrons. The van der Waals surface area contributed by atoms with Crippen LogP contribution in [0, 0.1) is 29.1 Å². The average molecular weight is 541 g/mol. The number of fused-ring (bicyclic) bond motifs is 3. The SMILES string of the molecule is C=CN(C=N)[C@@H]1C(=O)C(C(N)=O)=C(O)[C@@]2(O)C(=O)C3=C(O)c4c(O)ccc(C#Cc5cccnc5)c4C[C@H]3C[C@@H]12. The molecule has 1 fully saturated rings. The monoisotopic (exact) mass is 540 g/mol. The molecule has 40 heavy (non-hydrogen) atoms. The van der Waals surface area contributed by atoms with E-state index in [-0.39, 0.29) is 29.7 Å². The largest absolute Gasteiger partial charge is 0.508 e. The number of benzene rings is 1. The summed E-state index contributed by atoms with van der Waals surface area (Å²) in [6, 6.07) is 4.91. The molecule has 3 aliphatic carbocycles. The Labute approximate surface area is 228 Å². The van der Waals surface area contributed by atoms with Gasteiger partial charge in [0.1, 0.15) is 28.9 Å². The molecule has 11 heteroatoms. The summed E-state index contributed by atoms with van der Waals surface area (Å²) < 4.78 is 0. The molecule has 1 saturated carbocycles. The summed E-state index contributed by atoms with van der Waals surface area (Å²) >= 11 is 0. The lowest BCUT2D eigenvalue weighted by atomic mass is 9.57. The maximum absolute atomic E-state index is 13.9. The minimum Gasteiger partial charge on any atom is -0.508 e. The van der Waals surface area contributed by atoms with Gasteiger partial charge < -0.3 is 31.1 Å². The number of pyridine rings is 1. The lowest BCUT2D eigenvalue weighted by molar-refractivity contribution is -0.152. The van der Waals surface area contributed by atoms with Crippen molar-refractivity contribution < 1.29 is 34.8 Å². The number of primary amides is 1. The zero-order valence-corrected chi connectivity index (χ0v) is 21.0. The van der Waals surface area contributed by atoms with Gasteiger partial charge >= 0.3 is 0 Å². The van der Waals surface area contributed by atoms with E-state index in [9.17, 15) is 34.8 Å². The van der Waals surface area contributed by atoms with Crippen LogP contribution in [-0.4, -0.2) is 65.8 Å². The minimum absolute atomic E-state index is 0.0473. The molecule has 3 aliphatic rings. The Morgan fingerprint density at radius 2 is 1.98 bits per heavy atom. The molecule has 11 nitrogen and oxygen atoms in total. The van der Waals surface area contributed by atoms with E-state index in [4.69, 9.17) is 11.1 Å². The molecule has 0 aliphatic heterocycles. The molecule has 0 bridgehead atoms. The second-order valence-electron chi connectivity index (χ2n) is 9.73. The number of Topliss-reactive ketones (excluding diaryl/α,β-unsaturated/α-hetero) is 2. The molecule has 0 spiro atoms. The standard InChI is InChI=1S/C29H24N4O7/c1-2-33(13-30)23-18-11-16-10-17-15(6-5-14-4-3-9-32-12-14)7-8-19(34)21(17)24(35)20(16)26(37)29(18,40)27(38)22(25(23)36)28(31)39/h2-4,7-9,12-13,16,18,23,30,34-35,38,40H,1,10-11H2,(H2,31,39)/t16-,18-,23-,29-/m0/s1. The lowest BCUT2D eigenvalue weighted by Crippen LogP contribution is -2.65. The first kappa shape index (κ1) is 26.4. The molecule has 4 atom stereocenters. The maximum Gasteiger partial charge on any atom is 0.255 e. The van der Waals surface area contributed by atoms with Crippen LogP contribution >= 0.6 is 0 Å². The van der Waals surface area contributed by atoms with Crippen LogP contribution in [0.15, 0.2) is 66.3 Å². The highest BCUT2D eigenvalue weighted by atomic mass is 16.3. The number of ketones is 2. The summed E-state index contributed by atoms with van der Waals surface area (Å²) in [5, 5.41) is 52.4. The van der Waals surface area contributed by atoms with Crippen molar-refractivity contribution in [3.63, 3.8) is 0 Å². The van der Waals surface area contributed by atoms with Crippen molar-refractivity contribution in [2.24, 2.45) is 17.6 Å². The summed E-state index contributed by atoms with van der Waals surface area (Å²) in [5.41, 5.74) is 2.77. The number of phenols is 1. The molecule has 1 heterocycles. The molecule has 2 aromatic rings. The van der Waals surface area contributed by atoms with Crippen LogP contribution in [0.1, 0.15) is 28.7 Å². The van der Waals surface area contributed by atoms with Crippen molar-refractivity contribution in [3.05, 3.63) is 88.6 Å². The highest BCUT2D eigenvalue weighted by molar-refractivity contribution is 6.24. The molecule has 7 N–H and O–H groups in total. The highest BCUT2D eigenvalue weighted by Gasteiger charge is 2.64. The van der Waals surface area contributed by atoms with Gasteiger partial charge in [0.25, 0.3) is 5.91 Å². The number of nitrogens with zero attached hydrogens (tertiary/aromatic N) is 2. The van der Waals surface area contributed by atoms with Gasteiger partial charge in [-0.05, 0) is 54.8 Å². The Kier molecular flexibility index (Phi) is 6.28. The van der Waals surface area contributed by atoms with Crippen LogP contribution in [0.4, 0.5) is 0 Å². The third kappa shape index (κ3) is 3.69. The fourth-order valence-electron chi connectivity index (χ4n) is 5.93. The number of hydrogen-bond acceptors (Lipinski definition) is 9. The van der Waals surface area contributed by atoms with Crippen LogP contribution in [0.3, 0.4) is 0 Å². The number of carbonyl (C=O) groups is 3. The number of aromatic hydroxyl groups is 1. The molecule has 0 saturated heterocycles. The fourth-order valence-corrected chi connectivity index (χ4v) is 5.93. The van der Waals surface area contributed by atoms with Crippen molar-refractivity contribution in [2.45, 2.75) is 24.5 Å². The van der Waals surface area contributed by atoms with E-state index in [1.54, 1.807) is 30.6 Å². The summed E-state index contributed by atoms with van der Waals surface area (Å²) in [5.74, 6) is -1.79. The number of aromatic nitrogens is 1. The first-order valence-corrected chi connectivity index (χ1v) is 12.2. The van der Waals surface area contributed by atoms with Crippen LogP contribution < -0.4 is 5.73 Å². The van der Waals surface area contributed by atoms with E-state index < -0.39 is 58.0 Å². The molecule has 0 radical (unpaired) electrons. The quantitative estimate of drug-likeness (QED) is 0.143. The predicted octanol–water partition coefficient (Wildman–Crippen LogP) is 1.25. The number of nitrogens with two attached hydrogens (primary N) is 1. The molecule has 5 rings (SSSR count). The van der Waals surface area contributed by atoms with Crippen molar-refractivity contribution in [1.29, 1.82) is 5.41 Å². The maximum atomic E-state index is 13.9. The zero-order valence-electron chi connectivity index (χ0n) is 21.0. The first-order chi connectivity index (χ1) is 19.1. The van der Waals surface area contributed by atoms with E-state index >= 15 is 0 Å². The zero-order chi connectivity index (χ0) is 28.9. The summed E-state index contributed by atoms with van der Waals surface area (Å²) in [4.78, 5) is 44.4. The van der Waals surface area contributed by atoms with Gasteiger partial charge in [-0.1, -0.05) is 18.4 Å². The molecule has 1 amide bonds. The van der Waals surface area contributed by atoms with Gasteiger partial charge in [-0.25, -0.2) is 0 Å². The third-order valence-corrected chi connectivity index (χ3v) is 7.73. The Balaban J connectivity index is 1.71. The van der Waals surface area contributed by atoms with Gasteiger partial charge in [0.15, 0.2) is 11.4 Å². The van der Waals surface area contributed by atoms with Crippen molar-refractivity contribution in [2.75, 3.05) is 0 Å². The number of hydrogen-bond donors (Lipinski definition) is 6. The van der Waals surface area contributed by atoms with Gasteiger partial charge in [0.05, 0.1) is 11.9 Å². The van der Waals surface area contributed by atoms with E-state index in [0.717, 1.165) is 17.4 Å². The third-order valence-electron chi connectivity index (χ3n) is 7.73. The fraction of sp³-hybridized carbons (Fsp3) is 0.207. The Hall–Kier alpha value is -5.21. The molecule has 0 unspecified atom stereocenters. The van der Waals surface area contributed by atoms with Gasteiger partial charge in [0, 0.05) is 35.0 Å². The summed E-state index contributed by atoms with van der Waals surface area (Å²) in [6.45, 7) is 3.56. The normalized spacial score (nSPS) is 25.2. The predicted molar refractivity (Wildman–Crippen MR) is 142 cm³/mol.